The Bertz CT molecular complexity index is 453. The van der Waals surface area contributed by atoms with E-state index in [9.17, 15) is 9.59 Å². The summed E-state index contributed by atoms with van der Waals surface area (Å²) in [5.41, 5.74) is 0.207. The van der Waals surface area contributed by atoms with Crippen LogP contribution in [0.25, 0.3) is 0 Å². The molecule has 0 bridgehead atoms. The molecule has 0 aliphatic heterocycles. The molecule has 7 nitrogen and oxygen atoms in total. The fraction of sp³-hybridized carbons (Fsp3) is 0.636. The highest BCUT2D eigenvalue weighted by molar-refractivity contribution is 5.92. The molecule has 0 aromatic carbocycles. The molecule has 2 rings (SSSR count). The molecule has 1 heterocycles. The number of carboxylic acid groups (broad SMARTS) is 1. The molecule has 1 aliphatic carbocycles. The highest BCUT2D eigenvalue weighted by atomic mass is 16.4. The minimum absolute atomic E-state index is 0.180. The first-order chi connectivity index (χ1) is 8.60. The van der Waals surface area contributed by atoms with E-state index < -0.39 is 5.97 Å². The number of hydrogen-bond acceptors (Lipinski definition) is 4. The van der Waals surface area contributed by atoms with Crippen molar-refractivity contribution in [3.63, 3.8) is 0 Å². The summed E-state index contributed by atoms with van der Waals surface area (Å²) in [6.07, 6.45) is 3.73. The second-order valence-electron chi connectivity index (χ2n) is 4.48. The van der Waals surface area contributed by atoms with E-state index in [1.807, 2.05) is 6.92 Å². The van der Waals surface area contributed by atoms with E-state index in [-0.39, 0.29) is 18.1 Å². The van der Waals surface area contributed by atoms with Crippen molar-refractivity contribution < 1.29 is 14.7 Å². The minimum Gasteiger partial charge on any atom is -0.480 e. The van der Waals surface area contributed by atoms with Gasteiger partial charge in [0, 0.05) is 13.1 Å². The van der Waals surface area contributed by atoms with Gasteiger partial charge in [0.1, 0.15) is 6.54 Å². The monoisotopic (exact) mass is 252 g/mol. The summed E-state index contributed by atoms with van der Waals surface area (Å²) in [7, 11) is 0. The maximum Gasteiger partial charge on any atom is 0.325 e. The van der Waals surface area contributed by atoms with Gasteiger partial charge in [-0.2, -0.15) is 0 Å². The van der Waals surface area contributed by atoms with Gasteiger partial charge in [-0.15, -0.1) is 5.10 Å². The van der Waals surface area contributed by atoms with Crippen LogP contribution in [0.4, 0.5) is 0 Å². The number of aromatic nitrogens is 3. The zero-order valence-corrected chi connectivity index (χ0v) is 10.2. The summed E-state index contributed by atoms with van der Waals surface area (Å²) in [5.74, 6) is -0.576. The summed E-state index contributed by atoms with van der Waals surface area (Å²) < 4.78 is 1.15. The molecule has 1 aromatic heterocycles. The van der Waals surface area contributed by atoms with Crippen molar-refractivity contribution in [3.8, 4) is 0 Å². The van der Waals surface area contributed by atoms with Crippen LogP contribution in [0, 0.1) is 5.92 Å². The number of amides is 1. The lowest BCUT2D eigenvalue weighted by molar-refractivity contribution is -0.137. The van der Waals surface area contributed by atoms with Crippen molar-refractivity contribution in [1.82, 2.24) is 19.9 Å². The third-order valence-electron chi connectivity index (χ3n) is 2.90. The molecule has 1 saturated carbocycles. The lowest BCUT2D eigenvalue weighted by Crippen LogP contribution is -2.33. The van der Waals surface area contributed by atoms with Gasteiger partial charge in [-0.3, -0.25) is 9.59 Å². The van der Waals surface area contributed by atoms with E-state index in [1.165, 1.54) is 19.0 Å². The number of hydrogen-bond donors (Lipinski definition) is 1. The van der Waals surface area contributed by atoms with Crippen LogP contribution in [0.1, 0.15) is 30.3 Å². The van der Waals surface area contributed by atoms with Crippen molar-refractivity contribution in [2.75, 3.05) is 13.1 Å². The van der Waals surface area contributed by atoms with Crippen molar-refractivity contribution in [1.29, 1.82) is 0 Å². The molecule has 7 heteroatoms. The van der Waals surface area contributed by atoms with Crippen LogP contribution >= 0.6 is 0 Å². The molecule has 18 heavy (non-hydrogen) atoms. The predicted octanol–water partition coefficient (Wildman–Crippen LogP) is 0.235. The Kier molecular flexibility index (Phi) is 3.59. The Hall–Kier alpha value is -1.92. The van der Waals surface area contributed by atoms with Crippen LogP contribution in [-0.4, -0.2) is 50.0 Å². The Morgan fingerprint density at radius 3 is 2.83 bits per heavy atom. The number of aliphatic carboxylic acids is 1. The predicted molar refractivity (Wildman–Crippen MR) is 62.0 cm³/mol. The van der Waals surface area contributed by atoms with Crippen molar-refractivity contribution >= 4 is 11.9 Å². The molecule has 0 spiro atoms. The highest BCUT2D eigenvalue weighted by Gasteiger charge is 2.27. The summed E-state index contributed by atoms with van der Waals surface area (Å²) in [6.45, 7) is 3.01. The third-order valence-corrected chi connectivity index (χ3v) is 2.90. The Balaban J connectivity index is 2.01. The second kappa shape index (κ2) is 5.16. The highest BCUT2D eigenvalue weighted by Crippen LogP contribution is 2.29. The SMILES string of the molecule is CCN(CC1CC1)C(=O)c1cn(CC(=O)O)nn1. The fourth-order valence-electron chi connectivity index (χ4n) is 1.74. The normalized spacial score (nSPS) is 14.5. The molecule has 0 saturated heterocycles. The smallest absolute Gasteiger partial charge is 0.325 e. The first kappa shape index (κ1) is 12.5. The fourth-order valence-corrected chi connectivity index (χ4v) is 1.74. The number of nitrogens with zero attached hydrogens (tertiary/aromatic N) is 4. The number of carbonyl (C=O) groups excluding carboxylic acids is 1. The molecule has 1 fully saturated rings. The zero-order chi connectivity index (χ0) is 13.1. The molecule has 1 amide bonds. The molecule has 1 N–H and O–H groups in total. The first-order valence-electron chi connectivity index (χ1n) is 6.01. The second-order valence-corrected chi connectivity index (χ2v) is 4.48. The molecule has 98 valence electrons. The number of carbonyl (C=O) groups is 2. The molecule has 0 atom stereocenters. The van der Waals surface area contributed by atoms with Gasteiger partial charge < -0.3 is 10.0 Å². The zero-order valence-electron chi connectivity index (χ0n) is 10.2. The Morgan fingerprint density at radius 2 is 2.28 bits per heavy atom. The molecule has 1 aromatic rings. The molecular formula is C11H16N4O3. The van der Waals surface area contributed by atoms with Gasteiger partial charge in [-0.05, 0) is 25.7 Å². The van der Waals surface area contributed by atoms with Gasteiger partial charge in [-0.1, -0.05) is 5.21 Å². The van der Waals surface area contributed by atoms with E-state index in [0.717, 1.165) is 11.2 Å². The third kappa shape index (κ3) is 3.06. The van der Waals surface area contributed by atoms with Crippen molar-refractivity contribution in [3.05, 3.63) is 11.9 Å². The maximum absolute atomic E-state index is 12.1. The molecule has 0 unspecified atom stereocenters. The van der Waals surface area contributed by atoms with Crippen molar-refractivity contribution in [2.24, 2.45) is 5.92 Å². The summed E-state index contributed by atoms with van der Waals surface area (Å²) >= 11 is 0. The maximum atomic E-state index is 12.1. The van der Waals surface area contributed by atoms with E-state index in [0.29, 0.717) is 12.5 Å². The minimum atomic E-state index is -1.01. The summed E-state index contributed by atoms with van der Waals surface area (Å²) in [5, 5.41) is 16.0. The summed E-state index contributed by atoms with van der Waals surface area (Å²) in [6, 6.07) is 0. The average molecular weight is 252 g/mol. The average Bonchev–Trinajstić information content (AvgIpc) is 3.03. The van der Waals surface area contributed by atoms with Gasteiger partial charge >= 0.3 is 5.97 Å². The van der Waals surface area contributed by atoms with Crippen LogP contribution in [0.5, 0.6) is 0 Å². The van der Waals surface area contributed by atoms with Gasteiger partial charge in [0.25, 0.3) is 5.91 Å². The van der Waals surface area contributed by atoms with E-state index in [2.05, 4.69) is 10.3 Å². The van der Waals surface area contributed by atoms with Crippen LogP contribution in [0.3, 0.4) is 0 Å². The lowest BCUT2D eigenvalue weighted by atomic mass is 10.3. The van der Waals surface area contributed by atoms with Gasteiger partial charge in [-0.25, -0.2) is 4.68 Å². The number of rotatable bonds is 6. The van der Waals surface area contributed by atoms with E-state index >= 15 is 0 Å². The molecule has 0 radical (unpaired) electrons. The van der Waals surface area contributed by atoms with E-state index in [4.69, 9.17) is 5.11 Å². The van der Waals surface area contributed by atoms with Crippen LogP contribution < -0.4 is 0 Å². The van der Waals surface area contributed by atoms with Crippen LogP contribution in [0.2, 0.25) is 0 Å². The van der Waals surface area contributed by atoms with Crippen molar-refractivity contribution in [2.45, 2.75) is 26.3 Å². The topological polar surface area (TPSA) is 88.3 Å². The van der Waals surface area contributed by atoms with Gasteiger partial charge in [0.2, 0.25) is 0 Å². The molecule has 1 aliphatic rings. The van der Waals surface area contributed by atoms with Crippen LogP contribution in [-0.2, 0) is 11.3 Å². The van der Waals surface area contributed by atoms with Crippen LogP contribution in [0.15, 0.2) is 6.20 Å². The Morgan fingerprint density at radius 1 is 1.56 bits per heavy atom. The lowest BCUT2D eigenvalue weighted by Gasteiger charge is -2.18. The van der Waals surface area contributed by atoms with E-state index in [1.54, 1.807) is 4.90 Å². The quantitative estimate of drug-likeness (QED) is 0.783. The standard InChI is InChI=1S/C11H16N4O3/c1-2-14(5-8-3-4-8)11(18)9-6-15(13-12-9)7-10(16)17/h6,8H,2-5,7H2,1H3,(H,16,17). The molecular weight excluding hydrogens is 236 g/mol. The summed E-state index contributed by atoms with van der Waals surface area (Å²) in [4.78, 5) is 24.3. The van der Waals surface area contributed by atoms with Gasteiger partial charge in [0.15, 0.2) is 5.69 Å². The van der Waals surface area contributed by atoms with Gasteiger partial charge in [0.05, 0.1) is 6.20 Å². The Labute approximate surface area is 104 Å². The first-order valence-corrected chi connectivity index (χ1v) is 6.01. The largest absolute Gasteiger partial charge is 0.480 e. The number of carboxylic acids is 1.